The lowest BCUT2D eigenvalue weighted by Crippen LogP contribution is -2.32. The first-order chi connectivity index (χ1) is 16.4. The lowest BCUT2D eigenvalue weighted by atomic mass is 10.1. The Bertz CT molecular complexity index is 1440. The quantitative estimate of drug-likeness (QED) is 0.289. The number of halogens is 1. The molecule has 0 saturated carbocycles. The summed E-state index contributed by atoms with van der Waals surface area (Å²) in [7, 11) is 0. The van der Waals surface area contributed by atoms with Crippen LogP contribution in [0, 0.1) is 10.1 Å². The molecule has 4 rings (SSSR count). The number of carbonyl (C=O) groups is 1. The molecule has 0 unspecified atom stereocenters. The number of carbonyl (C=O) groups excluding carboxylic acids is 1. The number of nitrogens with zero attached hydrogens (tertiary/aromatic N) is 2. The van der Waals surface area contributed by atoms with Crippen molar-refractivity contribution in [3.8, 4) is 5.75 Å². The van der Waals surface area contributed by atoms with Crippen molar-refractivity contribution in [1.82, 2.24) is 4.57 Å². The summed E-state index contributed by atoms with van der Waals surface area (Å²) in [5.74, 6) is -0.171. The van der Waals surface area contributed by atoms with E-state index in [1.165, 1.54) is 22.8 Å². The first kappa shape index (κ1) is 23.7. The molecule has 34 heavy (non-hydrogen) atoms. The Hall–Kier alpha value is -3.47. The van der Waals surface area contributed by atoms with Gasteiger partial charge in [-0.3, -0.25) is 19.5 Å². The SMILES string of the molecule is CCOC(=O)C=c1sc(=Cc2cccc(Cl)c2)c(=O)n1Cc1cc([N+](=O)[O-])cc2c1OCOC2. The fraction of sp³-hybridized carbons (Fsp3) is 0.217. The van der Waals surface area contributed by atoms with E-state index in [-0.39, 0.29) is 37.8 Å². The highest BCUT2D eigenvalue weighted by Crippen LogP contribution is 2.32. The zero-order valence-electron chi connectivity index (χ0n) is 18.0. The second-order valence-electron chi connectivity index (χ2n) is 7.25. The minimum Gasteiger partial charge on any atom is -0.467 e. The third kappa shape index (κ3) is 5.19. The molecule has 0 N–H and O–H groups in total. The molecule has 0 spiro atoms. The lowest BCUT2D eigenvalue weighted by molar-refractivity contribution is -0.385. The van der Waals surface area contributed by atoms with Crippen LogP contribution in [0.15, 0.2) is 41.2 Å². The number of esters is 1. The van der Waals surface area contributed by atoms with E-state index in [0.717, 1.165) is 11.3 Å². The largest absolute Gasteiger partial charge is 0.467 e. The molecule has 0 bridgehead atoms. The Morgan fingerprint density at radius 2 is 2.18 bits per heavy atom. The van der Waals surface area contributed by atoms with Gasteiger partial charge in [0.05, 0.1) is 35.3 Å². The maximum absolute atomic E-state index is 13.3. The fourth-order valence-corrected chi connectivity index (χ4v) is 4.73. The van der Waals surface area contributed by atoms with Crippen LogP contribution in [0.1, 0.15) is 23.6 Å². The van der Waals surface area contributed by atoms with Crippen molar-refractivity contribution in [2.45, 2.75) is 20.1 Å². The number of hydrogen-bond donors (Lipinski definition) is 0. The molecule has 0 aliphatic carbocycles. The van der Waals surface area contributed by atoms with Crippen LogP contribution in [-0.2, 0) is 27.4 Å². The van der Waals surface area contributed by atoms with Crippen LogP contribution >= 0.6 is 22.9 Å². The van der Waals surface area contributed by atoms with Gasteiger partial charge >= 0.3 is 5.97 Å². The van der Waals surface area contributed by atoms with E-state index in [2.05, 4.69) is 0 Å². The summed E-state index contributed by atoms with van der Waals surface area (Å²) >= 11 is 7.16. The Kier molecular flexibility index (Phi) is 7.11. The van der Waals surface area contributed by atoms with Crippen molar-refractivity contribution in [1.29, 1.82) is 0 Å². The molecule has 9 nitrogen and oxygen atoms in total. The predicted octanol–water partition coefficient (Wildman–Crippen LogP) is 2.56. The molecule has 3 aromatic rings. The summed E-state index contributed by atoms with van der Waals surface area (Å²) in [5, 5.41) is 12.0. The number of ether oxygens (including phenoxy) is 3. The van der Waals surface area contributed by atoms with Gasteiger partial charge in [0.15, 0.2) is 6.79 Å². The molecule has 1 aliphatic rings. The summed E-state index contributed by atoms with van der Waals surface area (Å²) in [4.78, 5) is 36.5. The fourth-order valence-electron chi connectivity index (χ4n) is 3.50. The highest BCUT2D eigenvalue weighted by atomic mass is 35.5. The van der Waals surface area contributed by atoms with Gasteiger partial charge in [-0.25, -0.2) is 4.79 Å². The molecule has 11 heteroatoms. The van der Waals surface area contributed by atoms with E-state index < -0.39 is 10.9 Å². The topological polar surface area (TPSA) is 110 Å². The summed E-state index contributed by atoms with van der Waals surface area (Å²) in [6.45, 7) is 1.96. The van der Waals surface area contributed by atoms with Gasteiger partial charge in [-0.05, 0) is 30.7 Å². The van der Waals surface area contributed by atoms with Gasteiger partial charge in [0.1, 0.15) is 10.4 Å². The van der Waals surface area contributed by atoms with Gasteiger partial charge in [0, 0.05) is 28.3 Å². The number of thiazole rings is 1. The molecule has 0 atom stereocenters. The molecule has 0 radical (unpaired) electrons. The molecule has 1 aliphatic heterocycles. The Balaban J connectivity index is 1.89. The molecule has 1 aromatic heterocycles. The molecular weight excluding hydrogens is 484 g/mol. The smallest absolute Gasteiger partial charge is 0.333 e. The zero-order chi connectivity index (χ0) is 24.2. The maximum atomic E-state index is 13.3. The number of aromatic nitrogens is 1. The molecular formula is C23H19ClN2O7S. The van der Waals surface area contributed by atoms with Crippen molar-refractivity contribution in [3.63, 3.8) is 0 Å². The highest BCUT2D eigenvalue weighted by Gasteiger charge is 2.22. The van der Waals surface area contributed by atoms with E-state index in [1.807, 2.05) is 0 Å². The summed E-state index contributed by atoms with van der Waals surface area (Å²) in [5.41, 5.74) is 1.15. The van der Waals surface area contributed by atoms with E-state index in [4.69, 9.17) is 25.8 Å². The Morgan fingerprint density at radius 1 is 1.35 bits per heavy atom. The molecule has 0 fully saturated rings. The van der Waals surface area contributed by atoms with Gasteiger partial charge in [0.2, 0.25) is 0 Å². The number of benzene rings is 2. The first-order valence-electron chi connectivity index (χ1n) is 10.2. The summed E-state index contributed by atoms with van der Waals surface area (Å²) in [6, 6.07) is 9.75. The van der Waals surface area contributed by atoms with Crippen molar-refractivity contribution < 1.29 is 23.9 Å². The Labute approximate surface area is 202 Å². The van der Waals surface area contributed by atoms with Crippen LogP contribution in [0.3, 0.4) is 0 Å². The molecule has 0 saturated heterocycles. The first-order valence-corrected chi connectivity index (χ1v) is 11.4. The third-order valence-electron chi connectivity index (χ3n) is 4.92. The standard InChI is InChI=1S/C23H19ClN2O7S/c1-2-32-21(27)10-20-25(23(28)19(34-20)7-14-4-3-5-17(24)6-14)11-15-8-18(26(29)30)9-16-12-31-13-33-22(15)16/h3-10H,2,11-13H2,1H3. The average Bonchev–Trinajstić information content (AvgIpc) is 3.07. The second kappa shape index (κ2) is 10.2. The van der Waals surface area contributed by atoms with E-state index in [1.54, 1.807) is 37.3 Å². The summed E-state index contributed by atoms with van der Waals surface area (Å²) < 4.78 is 17.9. The van der Waals surface area contributed by atoms with Crippen molar-refractivity contribution in [2.75, 3.05) is 13.4 Å². The van der Waals surface area contributed by atoms with Crippen LogP contribution in [-0.4, -0.2) is 28.9 Å². The average molecular weight is 503 g/mol. The second-order valence-corrected chi connectivity index (χ2v) is 8.75. The van der Waals surface area contributed by atoms with Crippen LogP contribution in [0.5, 0.6) is 5.75 Å². The Morgan fingerprint density at radius 3 is 2.91 bits per heavy atom. The lowest BCUT2D eigenvalue weighted by Gasteiger charge is -2.20. The van der Waals surface area contributed by atoms with E-state index in [0.29, 0.717) is 36.7 Å². The number of non-ortho nitro benzene ring substituents is 1. The molecule has 176 valence electrons. The number of nitro groups is 1. The van der Waals surface area contributed by atoms with E-state index >= 15 is 0 Å². The number of fused-ring (bicyclic) bond motifs is 1. The predicted molar refractivity (Wildman–Crippen MR) is 126 cm³/mol. The minimum absolute atomic E-state index is 0.00799. The number of hydrogen-bond acceptors (Lipinski definition) is 8. The summed E-state index contributed by atoms with van der Waals surface area (Å²) in [6.07, 6.45) is 2.91. The van der Waals surface area contributed by atoms with Gasteiger partial charge in [-0.2, -0.15) is 0 Å². The molecule has 2 aromatic carbocycles. The maximum Gasteiger partial charge on any atom is 0.333 e. The molecule has 2 heterocycles. The van der Waals surface area contributed by atoms with Crippen LogP contribution < -0.4 is 19.5 Å². The van der Waals surface area contributed by atoms with Crippen molar-refractivity contribution >= 4 is 46.7 Å². The van der Waals surface area contributed by atoms with E-state index in [9.17, 15) is 19.7 Å². The highest BCUT2D eigenvalue weighted by molar-refractivity contribution is 7.07. The van der Waals surface area contributed by atoms with Gasteiger partial charge in [-0.15, -0.1) is 11.3 Å². The van der Waals surface area contributed by atoms with Crippen LogP contribution in [0.25, 0.3) is 12.2 Å². The van der Waals surface area contributed by atoms with Crippen LogP contribution in [0.4, 0.5) is 5.69 Å². The minimum atomic E-state index is -0.600. The van der Waals surface area contributed by atoms with Gasteiger partial charge < -0.3 is 14.2 Å². The van der Waals surface area contributed by atoms with Crippen LogP contribution in [0.2, 0.25) is 5.02 Å². The van der Waals surface area contributed by atoms with Gasteiger partial charge in [-0.1, -0.05) is 23.7 Å². The third-order valence-corrected chi connectivity index (χ3v) is 6.22. The van der Waals surface area contributed by atoms with Crippen molar-refractivity contribution in [2.24, 2.45) is 0 Å². The monoisotopic (exact) mass is 502 g/mol. The normalized spacial score (nSPS) is 13.9. The number of rotatable bonds is 6. The van der Waals surface area contributed by atoms with Gasteiger partial charge in [0.25, 0.3) is 11.2 Å². The zero-order valence-corrected chi connectivity index (χ0v) is 19.6. The molecule has 0 amide bonds. The van der Waals surface area contributed by atoms with Crippen molar-refractivity contribution in [3.05, 3.63) is 87.8 Å². The number of nitro benzene ring substituents is 1.